The molecule has 24 heavy (non-hydrogen) atoms. The van der Waals surface area contributed by atoms with Gasteiger partial charge in [-0.05, 0) is 41.8 Å². The number of fused-ring (bicyclic) bond motifs is 1. The van der Waals surface area contributed by atoms with Gasteiger partial charge in [0.05, 0.1) is 13.7 Å². The van der Waals surface area contributed by atoms with Gasteiger partial charge in [-0.3, -0.25) is 4.79 Å². The van der Waals surface area contributed by atoms with Gasteiger partial charge in [0.1, 0.15) is 11.3 Å². The molecule has 0 unspecified atom stereocenters. The highest BCUT2D eigenvalue weighted by atomic mass is 16.5. The van der Waals surface area contributed by atoms with Crippen molar-refractivity contribution in [1.82, 2.24) is 5.32 Å². The van der Waals surface area contributed by atoms with Gasteiger partial charge in [0.2, 0.25) is 5.91 Å². The summed E-state index contributed by atoms with van der Waals surface area (Å²) in [5.74, 6) is -0.0944. The molecule has 0 aliphatic rings. The van der Waals surface area contributed by atoms with Crippen LogP contribution in [0, 0.1) is 0 Å². The summed E-state index contributed by atoms with van der Waals surface area (Å²) in [5.41, 5.74) is 0.413. The number of amides is 1. The Balaban J connectivity index is 2.00. The van der Waals surface area contributed by atoms with Crippen molar-refractivity contribution in [3.63, 3.8) is 0 Å². The van der Waals surface area contributed by atoms with Gasteiger partial charge >= 0.3 is 5.97 Å². The molecule has 0 aliphatic carbocycles. The molecule has 126 valence electrons. The van der Waals surface area contributed by atoms with Crippen LogP contribution in [0.5, 0.6) is 5.75 Å². The summed E-state index contributed by atoms with van der Waals surface area (Å²) in [4.78, 5) is 23.0. The average molecular weight is 327 g/mol. The van der Waals surface area contributed by atoms with Gasteiger partial charge in [-0.1, -0.05) is 30.8 Å². The van der Waals surface area contributed by atoms with Crippen molar-refractivity contribution < 1.29 is 19.1 Å². The van der Waals surface area contributed by atoms with E-state index < -0.39 is 5.97 Å². The number of nitrogens with one attached hydrogen (secondary N) is 1. The Bertz CT molecular complexity index is 739. The molecule has 5 heteroatoms. The van der Waals surface area contributed by atoms with Crippen LogP contribution in [-0.4, -0.2) is 32.1 Å². The average Bonchev–Trinajstić information content (AvgIpc) is 2.62. The van der Waals surface area contributed by atoms with Crippen LogP contribution < -0.4 is 10.1 Å². The van der Waals surface area contributed by atoms with Crippen molar-refractivity contribution >= 4 is 22.6 Å². The highest BCUT2D eigenvalue weighted by Crippen LogP contribution is 2.27. The third-order valence-corrected chi connectivity index (χ3v) is 3.57. The summed E-state index contributed by atoms with van der Waals surface area (Å²) in [6, 6.07) is 11.4. The van der Waals surface area contributed by atoms with Gasteiger partial charge in [0.15, 0.2) is 0 Å². The molecule has 2 aromatic rings. The molecule has 0 bridgehead atoms. The van der Waals surface area contributed by atoms with Crippen molar-refractivity contribution in [3.05, 3.63) is 54.6 Å². The fourth-order valence-electron chi connectivity index (χ4n) is 2.30. The van der Waals surface area contributed by atoms with Crippen LogP contribution in [0.25, 0.3) is 10.8 Å². The number of hydrogen-bond donors (Lipinski definition) is 1. The number of esters is 1. The lowest BCUT2D eigenvalue weighted by Crippen LogP contribution is -2.22. The molecule has 0 saturated heterocycles. The van der Waals surface area contributed by atoms with E-state index in [-0.39, 0.29) is 5.91 Å². The highest BCUT2D eigenvalue weighted by molar-refractivity contribution is 5.98. The maximum absolute atomic E-state index is 12.0. The summed E-state index contributed by atoms with van der Waals surface area (Å²) in [6.07, 6.45) is 2.78. The fourth-order valence-corrected chi connectivity index (χ4v) is 2.30. The van der Waals surface area contributed by atoms with E-state index in [1.54, 1.807) is 6.07 Å². The Labute approximate surface area is 141 Å². The number of benzene rings is 2. The second-order valence-electron chi connectivity index (χ2n) is 5.24. The van der Waals surface area contributed by atoms with E-state index in [0.717, 1.165) is 23.6 Å². The summed E-state index contributed by atoms with van der Waals surface area (Å²) in [5, 5.41) is 4.66. The van der Waals surface area contributed by atoms with Crippen LogP contribution in [-0.2, 0) is 9.53 Å². The second-order valence-corrected chi connectivity index (χ2v) is 5.24. The van der Waals surface area contributed by atoms with Crippen molar-refractivity contribution in [2.24, 2.45) is 0 Å². The molecule has 0 atom stereocenters. The highest BCUT2D eigenvalue weighted by Gasteiger charge is 2.14. The number of rotatable bonds is 8. The van der Waals surface area contributed by atoms with E-state index in [4.69, 9.17) is 9.47 Å². The maximum Gasteiger partial charge on any atom is 0.341 e. The van der Waals surface area contributed by atoms with Crippen LogP contribution in [0.1, 0.15) is 23.2 Å². The Hall–Kier alpha value is -2.82. The summed E-state index contributed by atoms with van der Waals surface area (Å²) in [7, 11) is 1.35. The number of carbonyl (C=O) groups is 2. The number of unbranched alkanes of at least 4 members (excludes halogenated alkanes) is 1. The molecule has 1 N–H and O–H groups in total. The van der Waals surface area contributed by atoms with Crippen LogP contribution in [0.2, 0.25) is 0 Å². The zero-order valence-electron chi connectivity index (χ0n) is 13.7. The first-order chi connectivity index (χ1) is 11.7. The van der Waals surface area contributed by atoms with Crippen molar-refractivity contribution in [1.29, 1.82) is 0 Å². The first kappa shape index (κ1) is 17.5. The third-order valence-electron chi connectivity index (χ3n) is 3.57. The molecular weight excluding hydrogens is 306 g/mol. The quantitative estimate of drug-likeness (QED) is 0.460. The van der Waals surface area contributed by atoms with E-state index in [1.165, 1.54) is 13.2 Å². The SMILES string of the molecule is C=CC(=O)NCCCCOc1cc2ccccc2cc1C(=O)OC. The Kier molecular flexibility index (Phi) is 6.37. The number of carbonyl (C=O) groups excluding carboxylic acids is 2. The smallest absolute Gasteiger partial charge is 0.341 e. The Morgan fingerprint density at radius 1 is 1.17 bits per heavy atom. The number of hydrogen-bond acceptors (Lipinski definition) is 4. The van der Waals surface area contributed by atoms with Gasteiger partial charge in [0, 0.05) is 6.54 Å². The van der Waals surface area contributed by atoms with Crippen LogP contribution in [0.4, 0.5) is 0 Å². The van der Waals surface area contributed by atoms with Gasteiger partial charge in [0.25, 0.3) is 0 Å². The lowest BCUT2D eigenvalue weighted by molar-refractivity contribution is -0.116. The minimum absolute atomic E-state index is 0.182. The van der Waals surface area contributed by atoms with Gasteiger partial charge in [-0.15, -0.1) is 0 Å². The van der Waals surface area contributed by atoms with E-state index in [9.17, 15) is 9.59 Å². The molecule has 0 spiro atoms. The second kappa shape index (κ2) is 8.72. The minimum Gasteiger partial charge on any atom is -0.493 e. The summed E-state index contributed by atoms with van der Waals surface area (Å²) >= 11 is 0. The minimum atomic E-state index is -0.422. The number of methoxy groups -OCH3 is 1. The topological polar surface area (TPSA) is 64.6 Å². The molecule has 0 radical (unpaired) electrons. The maximum atomic E-state index is 12.0. The first-order valence-electron chi connectivity index (χ1n) is 7.80. The van der Waals surface area contributed by atoms with Gasteiger partial charge in [-0.25, -0.2) is 4.79 Å². The predicted octanol–water partition coefficient (Wildman–Crippen LogP) is 3.09. The lowest BCUT2D eigenvalue weighted by atomic mass is 10.1. The third kappa shape index (κ3) is 4.59. The van der Waals surface area contributed by atoms with E-state index in [0.29, 0.717) is 24.5 Å². The molecule has 2 rings (SSSR count). The standard InChI is InChI=1S/C19H21NO4/c1-3-18(21)20-10-6-7-11-24-17-13-15-9-5-4-8-14(15)12-16(17)19(22)23-2/h3-5,8-9,12-13H,1,6-7,10-11H2,2H3,(H,20,21). The molecule has 0 heterocycles. The predicted molar refractivity (Wildman–Crippen MR) is 93.2 cm³/mol. The van der Waals surface area contributed by atoms with Crippen LogP contribution >= 0.6 is 0 Å². The van der Waals surface area contributed by atoms with Crippen molar-refractivity contribution in [2.45, 2.75) is 12.8 Å². The van der Waals surface area contributed by atoms with E-state index in [2.05, 4.69) is 11.9 Å². The lowest BCUT2D eigenvalue weighted by Gasteiger charge is -2.12. The van der Waals surface area contributed by atoms with E-state index in [1.807, 2.05) is 30.3 Å². The summed E-state index contributed by atoms with van der Waals surface area (Å²) < 4.78 is 10.6. The Morgan fingerprint density at radius 2 is 1.88 bits per heavy atom. The fraction of sp³-hybridized carbons (Fsp3) is 0.263. The monoisotopic (exact) mass is 327 g/mol. The molecule has 1 amide bonds. The number of ether oxygens (including phenoxy) is 2. The van der Waals surface area contributed by atoms with Gasteiger partial charge < -0.3 is 14.8 Å². The molecule has 0 saturated carbocycles. The first-order valence-corrected chi connectivity index (χ1v) is 7.80. The molecule has 0 aromatic heterocycles. The molecule has 0 fully saturated rings. The molecule has 0 aliphatic heterocycles. The normalized spacial score (nSPS) is 10.2. The van der Waals surface area contributed by atoms with Crippen molar-refractivity contribution in [2.75, 3.05) is 20.3 Å². The molecule has 5 nitrogen and oxygen atoms in total. The van der Waals surface area contributed by atoms with Crippen molar-refractivity contribution in [3.8, 4) is 5.75 Å². The van der Waals surface area contributed by atoms with Gasteiger partial charge in [-0.2, -0.15) is 0 Å². The van der Waals surface area contributed by atoms with E-state index >= 15 is 0 Å². The molecular formula is C19H21NO4. The Morgan fingerprint density at radius 3 is 2.54 bits per heavy atom. The molecule has 2 aromatic carbocycles. The summed E-state index contributed by atoms with van der Waals surface area (Å²) in [6.45, 7) is 4.41. The van der Waals surface area contributed by atoms with Crippen LogP contribution in [0.3, 0.4) is 0 Å². The zero-order valence-corrected chi connectivity index (χ0v) is 13.7. The zero-order chi connectivity index (χ0) is 17.4. The largest absolute Gasteiger partial charge is 0.493 e. The van der Waals surface area contributed by atoms with Crippen LogP contribution in [0.15, 0.2) is 49.1 Å².